The van der Waals surface area contributed by atoms with E-state index in [0.717, 1.165) is 6.42 Å². The van der Waals surface area contributed by atoms with Crippen LogP contribution in [0.2, 0.25) is 0 Å². The lowest BCUT2D eigenvalue weighted by Crippen LogP contribution is -2.04. The summed E-state index contributed by atoms with van der Waals surface area (Å²) >= 11 is 0. The number of hydrogen-bond donors (Lipinski definition) is 0. The first-order chi connectivity index (χ1) is 11.9. The van der Waals surface area contributed by atoms with E-state index in [1.165, 1.54) is 44.5 Å². The van der Waals surface area contributed by atoms with Gasteiger partial charge in [-0.05, 0) is 53.9 Å². The van der Waals surface area contributed by atoms with Crippen molar-refractivity contribution in [1.29, 1.82) is 0 Å². The Morgan fingerprint density at radius 1 is 1.00 bits per heavy atom. The Balaban J connectivity index is 0.000000280. The van der Waals surface area contributed by atoms with E-state index in [9.17, 15) is 3.89 Å². The molecule has 0 aromatic heterocycles. The molecule has 5 rings (SSSR count). The summed E-state index contributed by atoms with van der Waals surface area (Å²) in [6.45, 7) is 0. The van der Waals surface area contributed by atoms with Crippen LogP contribution in [0.4, 0.5) is 3.89 Å². The second kappa shape index (κ2) is 5.72. The predicted octanol–water partition coefficient (Wildman–Crippen LogP) is 4.32. The highest BCUT2D eigenvalue weighted by Crippen LogP contribution is 2.50. The third kappa shape index (κ3) is 2.81. The predicted molar refractivity (Wildman–Crippen MR) is 94.5 cm³/mol. The molecule has 0 N–H and O–H groups in total. The van der Waals surface area contributed by atoms with Crippen LogP contribution in [0.15, 0.2) is 66.7 Å². The summed E-state index contributed by atoms with van der Waals surface area (Å²) in [5.74, 6) is 1.41. The number of rotatable bonds is 0. The maximum absolute atomic E-state index is 10.1. The molecule has 25 heavy (non-hydrogen) atoms. The molecule has 0 heterocycles. The van der Waals surface area contributed by atoms with Crippen molar-refractivity contribution in [2.45, 2.75) is 6.42 Å². The second-order valence-corrected chi connectivity index (χ2v) is 6.74. The molecule has 0 spiro atoms. The van der Waals surface area contributed by atoms with Gasteiger partial charge in [0.05, 0.1) is 28.2 Å². The van der Waals surface area contributed by atoms with E-state index >= 15 is 0 Å². The molecule has 0 unspecified atom stereocenters. The highest BCUT2D eigenvalue weighted by molar-refractivity contribution is 7.80. The maximum Gasteiger partial charge on any atom is 0.255 e. The SMILES string of the molecule is C1=C[C+]2c3ccccc3-c3cc4ccccc4c(c32)C1.O=S(=O)([O-])F. The number of benzene rings is 3. The van der Waals surface area contributed by atoms with E-state index in [4.69, 9.17) is 13.0 Å². The summed E-state index contributed by atoms with van der Waals surface area (Å²) in [6.07, 6.45) is 5.64. The van der Waals surface area contributed by atoms with Crippen LogP contribution in [0.5, 0.6) is 0 Å². The summed E-state index contributed by atoms with van der Waals surface area (Å²) < 4.78 is 35.3. The van der Waals surface area contributed by atoms with Gasteiger partial charge in [-0.3, -0.25) is 0 Å². The van der Waals surface area contributed by atoms with Crippen molar-refractivity contribution >= 4 is 21.3 Å². The van der Waals surface area contributed by atoms with E-state index < -0.39 is 10.5 Å². The topological polar surface area (TPSA) is 57.2 Å². The minimum Gasteiger partial charge on any atom is -0.722 e. The third-order valence-electron chi connectivity index (χ3n) is 4.54. The van der Waals surface area contributed by atoms with Gasteiger partial charge in [-0.25, -0.2) is 8.42 Å². The van der Waals surface area contributed by atoms with Crippen molar-refractivity contribution < 1.29 is 16.9 Å². The number of fused-ring (bicyclic) bond motifs is 5. The Morgan fingerprint density at radius 2 is 1.68 bits per heavy atom. The molecule has 2 aliphatic carbocycles. The number of hydrogen-bond acceptors (Lipinski definition) is 3. The van der Waals surface area contributed by atoms with E-state index in [-0.39, 0.29) is 0 Å². The van der Waals surface area contributed by atoms with Crippen molar-refractivity contribution in [2.75, 3.05) is 0 Å². The van der Waals surface area contributed by atoms with E-state index in [1.807, 2.05) is 0 Å². The van der Waals surface area contributed by atoms with Gasteiger partial charge in [-0.2, -0.15) is 0 Å². The highest BCUT2D eigenvalue weighted by atomic mass is 32.3. The molecule has 0 amide bonds. The van der Waals surface area contributed by atoms with Gasteiger partial charge in [0.25, 0.3) is 10.5 Å². The lowest BCUT2D eigenvalue weighted by molar-refractivity contribution is 0.417. The first-order valence-corrected chi connectivity index (χ1v) is 9.08. The molecule has 0 saturated heterocycles. The van der Waals surface area contributed by atoms with Gasteiger partial charge >= 0.3 is 0 Å². The molecular weight excluding hydrogens is 339 g/mol. The maximum atomic E-state index is 10.1. The Labute approximate surface area is 145 Å². The van der Waals surface area contributed by atoms with Crippen molar-refractivity contribution in [3.8, 4) is 11.1 Å². The van der Waals surface area contributed by atoms with Crippen LogP contribution >= 0.6 is 0 Å². The molecule has 124 valence electrons. The van der Waals surface area contributed by atoms with Crippen LogP contribution in [0, 0.1) is 5.92 Å². The molecule has 0 bridgehead atoms. The van der Waals surface area contributed by atoms with Gasteiger partial charge in [0.2, 0.25) is 0 Å². The van der Waals surface area contributed by atoms with Crippen molar-refractivity contribution in [3.63, 3.8) is 0 Å². The third-order valence-corrected chi connectivity index (χ3v) is 4.54. The Hall–Kier alpha value is -2.63. The summed E-state index contributed by atoms with van der Waals surface area (Å²) in [7, 11) is -5.42. The van der Waals surface area contributed by atoms with E-state index in [2.05, 4.69) is 66.7 Å². The molecule has 2 aliphatic rings. The molecule has 3 nitrogen and oxygen atoms in total. The van der Waals surface area contributed by atoms with E-state index in [1.54, 1.807) is 0 Å². The molecule has 3 aromatic carbocycles. The van der Waals surface area contributed by atoms with Crippen molar-refractivity contribution in [3.05, 3.63) is 89.4 Å². The van der Waals surface area contributed by atoms with Crippen LogP contribution in [-0.2, 0) is 16.9 Å². The second-order valence-electron chi connectivity index (χ2n) is 5.96. The van der Waals surface area contributed by atoms with E-state index in [0.29, 0.717) is 0 Å². The lowest BCUT2D eigenvalue weighted by Gasteiger charge is -2.13. The fourth-order valence-corrected chi connectivity index (χ4v) is 3.71. The van der Waals surface area contributed by atoms with Crippen LogP contribution in [0.1, 0.15) is 16.7 Å². The molecule has 0 saturated carbocycles. The summed E-state index contributed by atoms with van der Waals surface area (Å²) in [4.78, 5) is 0. The summed E-state index contributed by atoms with van der Waals surface area (Å²) in [5, 5.41) is 2.76. The lowest BCUT2D eigenvalue weighted by atomic mass is 9.84. The largest absolute Gasteiger partial charge is 0.722 e. The molecule has 0 radical (unpaired) electrons. The van der Waals surface area contributed by atoms with Gasteiger partial charge in [-0.15, -0.1) is 3.89 Å². The van der Waals surface area contributed by atoms with Gasteiger partial charge in [0, 0.05) is 17.4 Å². The Morgan fingerprint density at radius 3 is 2.48 bits per heavy atom. The molecule has 0 atom stereocenters. The number of allylic oxidation sites excluding steroid dienone is 2. The highest BCUT2D eigenvalue weighted by Gasteiger charge is 2.38. The monoisotopic (exact) mass is 352 g/mol. The average molecular weight is 352 g/mol. The molecule has 0 aliphatic heterocycles. The van der Waals surface area contributed by atoms with Crippen LogP contribution in [0.25, 0.3) is 21.9 Å². The van der Waals surface area contributed by atoms with Crippen LogP contribution in [0.3, 0.4) is 0 Å². The fraction of sp³-hybridized carbons (Fsp3) is 0.0500. The average Bonchev–Trinajstić information content (AvgIpc) is 2.90. The molecule has 5 heteroatoms. The standard InChI is InChI=1S/C20H13.FHO3S/c1-2-7-14-13(6-1)12-19-16-9-4-3-8-15(16)18-11-5-10-17(14)20(18)19;1-5(2,3)4/h1-9,11-12H,10H2;(H,2,3,4)/q+1;/p-1. The van der Waals surface area contributed by atoms with Gasteiger partial charge in [-0.1, -0.05) is 18.2 Å². The number of halogens is 1. The zero-order valence-corrected chi connectivity index (χ0v) is 13.9. The summed E-state index contributed by atoms with van der Waals surface area (Å²) in [6, 6.07) is 19.9. The fourth-order valence-electron chi connectivity index (χ4n) is 3.71. The molecular formula is C20H13FO3S. The van der Waals surface area contributed by atoms with Crippen molar-refractivity contribution in [2.24, 2.45) is 0 Å². The Kier molecular flexibility index (Phi) is 3.63. The smallest absolute Gasteiger partial charge is 0.255 e. The van der Waals surface area contributed by atoms with Gasteiger partial charge in [0.15, 0.2) is 0 Å². The van der Waals surface area contributed by atoms with Crippen molar-refractivity contribution in [1.82, 2.24) is 0 Å². The van der Waals surface area contributed by atoms with Crippen LogP contribution in [-0.4, -0.2) is 13.0 Å². The first kappa shape index (κ1) is 15.9. The first-order valence-electron chi connectivity index (χ1n) is 7.77. The normalized spacial score (nSPS) is 13.9. The molecule has 3 aromatic rings. The zero-order chi connectivity index (χ0) is 17.6. The minimum atomic E-state index is -5.42. The van der Waals surface area contributed by atoms with Gasteiger partial charge < -0.3 is 4.55 Å². The zero-order valence-electron chi connectivity index (χ0n) is 13.1. The minimum absolute atomic E-state index is 1.04. The van der Waals surface area contributed by atoms with Gasteiger partial charge in [0.1, 0.15) is 0 Å². The summed E-state index contributed by atoms with van der Waals surface area (Å²) in [5.41, 5.74) is 7.14. The Bertz CT molecular complexity index is 1110. The quantitative estimate of drug-likeness (QED) is 0.344. The van der Waals surface area contributed by atoms with Crippen LogP contribution < -0.4 is 0 Å². The molecule has 0 fully saturated rings.